The Hall–Kier alpha value is -2.40. The predicted molar refractivity (Wildman–Crippen MR) is 123 cm³/mol. The summed E-state index contributed by atoms with van der Waals surface area (Å²) in [5.74, 6) is 0. The van der Waals surface area contributed by atoms with Gasteiger partial charge in [0.25, 0.3) is 0 Å². The number of hydrogen-bond donors (Lipinski definition) is 0. The minimum atomic E-state index is 0.478. The van der Waals surface area contributed by atoms with Crippen LogP contribution in [0.25, 0.3) is 0 Å². The molecule has 4 nitrogen and oxygen atoms in total. The summed E-state index contributed by atoms with van der Waals surface area (Å²) in [6.07, 6.45) is 1.90. The van der Waals surface area contributed by atoms with Crippen molar-refractivity contribution in [2.24, 2.45) is 0 Å². The van der Waals surface area contributed by atoms with E-state index in [1.54, 1.807) is 0 Å². The molecule has 154 valence electrons. The summed E-state index contributed by atoms with van der Waals surface area (Å²) in [5.41, 5.74) is 5.42. The quantitative estimate of drug-likeness (QED) is 0.584. The summed E-state index contributed by atoms with van der Waals surface area (Å²) in [4.78, 5) is 12.1. The van der Waals surface area contributed by atoms with Gasteiger partial charge in [0.05, 0.1) is 6.04 Å². The van der Waals surface area contributed by atoms with Crippen LogP contribution in [0.2, 0.25) is 5.15 Å². The Morgan fingerprint density at radius 2 is 1.57 bits per heavy atom. The average Bonchev–Trinajstić information content (AvgIpc) is 2.92. The minimum Gasteiger partial charge on any atom is -0.364 e. The molecule has 1 unspecified atom stereocenters. The first-order valence-corrected chi connectivity index (χ1v) is 11.1. The lowest BCUT2D eigenvalue weighted by Gasteiger charge is -2.43. The van der Waals surface area contributed by atoms with Crippen LogP contribution in [0.15, 0.2) is 72.9 Å². The monoisotopic (exact) mass is 418 g/mol. The fourth-order valence-corrected chi connectivity index (χ4v) is 4.90. The van der Waals surface area contributed by atoms with Gasteiger partial charge in [0.15, 0.2) is 0 Å². The van der Waals surface area contributed by atoms with Crippen molar-refractivity contribution in [1.82, 2.24) is 14.8 Å². The highest BCUT2D eigenvalue weighted by Gasteiger charge is 2.32. The van der Waals surface area contributed by atoms with Gasteiger partial charge >= 0.3 is 0 Å². The number of nitrogens with zero attached hydrogens (tertiary/aromatic N) is 4. The molecule has 3 aromatic rings. The molecule has 0 aliphatic carbocycles. The highest BCUT2D eigenvalue weighted by atomic mass is 35.5. The number of rotatable bonds is 4. The zero-order valence-electron chi connectivity index (χ0n) is 17.1. The lowest BCUT2D eigenvalue weighted by Crippen LogP contribution is -2.55. The van der Waals surface area contributed by atoms with Crippen LogP contribution in [-0.4, -0.2) is 47.0 Å². The van der Waals surface area contributed by atoms with Crippen molar-refractivity contribution in [3.8, 4) is 0 Å². The van der Waals surface area contributed by atoms with Crippen molar-refractivity contribution < 1.29 is 0 Å². The van der Waals surface area contributed by atoms with E-state index >= 15 is 0 Å². The number of piperazine rings is 1. The zero-order valence-corrected chi connectivity index (χ0v) is 17.9. The van der Waals surface area contributed by atoms with Crippen LogP contribution in [-0.2, 0) is 19.6 Å². The molecule has 1 aromatic heterocycles. The van der Waals surface area contributed by atoms with Crippen LogP contribution < -0.4 is 4.90 Å². The summed E-state index contributed by atoms with van der Waals surface area (Å²) in [7, 11) is 0. The van der Waals surface area contributed by atoms with E-state index in [4.69, 9.17) is 11.6 Å². The highest BCUT2D eigenvalue weighted by molar-refractivity contribution is 6.29. The Bertz CT molecular complexity index is 976. The molecule has 5 heteroatoms. The second-order valence-corrected chi connectivity index (χ2v) is 8.74. The van der Waals surface area contributed by atoms with Gasteiger partial charge in [-0.05, 0) is 28.8 Å². The van der Waals surface area contributed by atoms with Crippen LogP contribution in [0.5, 0.6) is 0 Å². The predicted octanol–water partition coefficient (Wildman–Crippen LogP) is 4.44. The first-order chi connectivity index (χ1) is 14.7. The fraction of sp³-hybridized carbons (Fsp3) is 0.320. The van der Waals surface area contributed by atoms with E-state index < -0.39 is 0 Å². The van der Waals surface area contributed by atoms with E-state index in [9.17, 15) is 0 Å². The minimum absolute atomic E-state index is 0.478. The van der Waals surface area contributed by atoms with Crippen molar-refractivity contribution in [3.63, 3.8) is 0 Å². The Morgan fingerprint density at radius 3 is 2.40 bits per heavy atom. The summed E-state index contributed by atoms with van der Waals surface area (Å²) in [6.45, 7) is 7.17. The third-order valence-corrected chi connectivity index (χ3v) is 6.40. The molecule has 0 N–H and O–H groups in total. The van der Waals surface area contributed by atoms with Crippen LogP contribution in [0.4, 0.5) is 5.69 Å². The number of para-hydroxylation sites is 1. The summed E-state index contributed by atoms with van der Waals surface area (Å²) < 4.78 is 0. The normalized spacial score (nSPS) is 19.8. The highest BCUT2D eigenvalue weighted by Crippen LogP contribution is 2.30. The van der Waals surface area contributed by atoms with Crippen molar-refractivity contribution in [2.45, 2.75) is 25.7 Å². The largest absolute Gasteiger partial charge is 0.364 e. The van der Waals surface area contributed by atoms with Crippen molar-refractivity contribution in [2.75, 3.05) is 31.1 Å². The molecule has 0 spiro atoms. The number of fused-ring (bicyclic) bond motifs is 3. The van der Waals surface area contributed by atoms with E-state index in [2.05, 4.69) is 80.3 Å². The molecular formula is C25H27ClN4. The summed E-state index contributed by atoms with van der Waals surface area (Å²) in [5, 5.41) is 0.551. The number of aromatic nitrogens is 1. The maximum atomic E-state index is 5.98. The molecule has 0 amide bonds. The Morgan fingerprint density at radius 1 is 0.800 bits per heavy atom. The van der Waals surface area contributed by atoms with Gasteiger partial charge < -0.3 is 4.90 Å². The first kappa shape index (κ1) is 19.6. The van der Waals surface area contributed by atoms with Gasteiger partial charge in [-0.2, -0.15) is 0 Å². The molecule has 1 fully saturated rings. The van der Waals surface area contributed by atoms with Gasteiger partial charge in [-0.3, -0.25) is 9.80 Å². The van der Waals surface area contributed by atoms with E-state index in [0.29, 0.717) is 11.2 Å². The molecule has 30 heavy (non-hydrogen) atoms. The van der Waals surface area contributed by atoms with Crippen molar-refractivity contribution >= 4 is 17.3 Å². The average molecular weight is 419 g/mol. The summed E-state index contributed by atoms with van der Waals surface area (Å²) in [6, 6.07) is 24.2. The van der Waals surface area contributed by atoms with Crippen LogP contribution in [0, 0.1) is 0 Å². The maximum absolute atomic E-state index is 5.98. The molecule has 5 rings (SSSR count). The van der Waals surface area contributed by atoms with E-state index in [-0.39, 0.29) is 0 Å². The number of hydrogen-bond acceptors (Lipinski definition) is 4. The van der Waals surface area contributed by atoms with Gasteiger partial charge in [0.1, 0.15) is 5.15 Å². The molecule has 0 radical (unpaired) electrons. The van der Waals surface area contributed by atoms with E-state index in [0.717, 1.165) is 45.8 Å². The SMILES string of the molecule is Clc1ccc(CN2Cc3ccccc3N3CCN(Cc4ccccc4)CC3C2)cn1. The first-order valence-electron chi connectivity index (χ1n) is 10.7. The summed E-state index contributed by atoms with van der Waals surface area (Å²) >= 11 is 5.98. The van der Waals surface area contributed by atoms with Gasteiger partial charge in [0, 0.05) is 57.7 Å². The van der Waals surface area contributed by atoms with Crippen LogP contribution >= 0.6 is 11.6 Å². The number of halogens is 1. The maximum Gasteiger partial charge on any atom is 0.129 e. The third kappa shape index (κ3) is 4.36. The molecule has 0 saturated carbocycles. The second-order valence-electron chi connectivity index (χ2n) is 8.36. The van der Waals surface area contributed by atoms with E-state index in [1.165, 1.54) is 22.4 Å². The molecule has 1 saturated heterocycles. The fourth-order valence-electron chi connectivity index (χ4n) is 4.79. The molecule has 1 atom stereocenters. The standard InChI is InChI=1S/C25H27ClN4/c26-25-11-10-21(14-27-25)16-29-17-22-8-4-5-9-24(22)30-13-12-28(18-23(30)19-29)15-20-6-2-1-3-7-20/h1-11,14,23H,12-13,15-19H2. The molecule has 3 heterocycles. The number of anilines is 1. The lowest BCUT2D eigenvalue weighted by atomic mass is 10.1. The molecule has 2 aromatic carbocycles. The van der Waals surface area contributed by atoms with Gasteiger partial charge in [-0.25, -0.2) is 4.98 Å². The molecule has 0 bridgehead atoms. The Kier molecular flexibility index (Phi) is 5.71. The van der Waals surface area contributed by atoms with Gasteiger partial charge in [-0.15, -0.1) is 0 Å². The smallest absolute Gasteiger partial charge is 0.129 e. The molecule has 2 aliphatic heterocycles. The Balaban J connectivity index is 1.37. The van der Waals surface area contributed by atoms with Crippen LogP contribution in [0.3, 0.4) is 0 Å². The number of benzene rings is 2. The lowest BCUT2D eigenvalue weighted by molar-refractivity contribution is 0.172. The van der Waals surface area contributed by atoms with Crippen molar-refractivity contribution in [3.05, 3.63) is 94.8 Å². The topological polar surface area (TPSA) is 22.6 Å². The zero-order chi connectivity index (χ0) is 20.3. The third-order valence-electron chi connectivity index (χ3n) is 6.17. The number of pyridine rings is 1. The van der Waals surface area contributed by atoms with Crippen molar-refractivity contribution in [1.29, 1.82) is 0 Å². The second kappa shape index (κ2) is 8.76. The Labute approximate surface area is 183 Å². The molecular weight excluding hydrogens is 392 g/mol. The molecule has 2 aliphatic rings. The van der Waals surface area contributed by atoms with Crippen LogP contribution in [0.1, 0.15) is 16.7 Å². The van der Waals surface area contributed by atoms with Gasteiger partial charge in [0.2, 0.25) is 0 Å². The van der Waals surface area contributed by atoms with E-state index in [1.807, 2.05) is 12.3 Å². The van der Waals surface area contributed by atoms with Gasteiger partial charge in [-0.1, -0.05) is 66.2 Å².